The number of rotatable bonds is 6. The quantitative estimate of drug-likeness (QED) is 0.653. The lowest BCUT2D eigenvalue weighted by molar-refractivity contribution is 0.171. The van der Waals surface area contributed by atoms with E-state index in [2.05, 4.69) is 17.3 Å². The molecular formula is C12H26N2O. The van der Waals surface area contributed by atoms with Crippen LogP contribution < -0.4 is 5.32 Å². The van der Waals surface area contributed by atoms with Crippen LogP contribution in [-0.4, -0.2) is 48.8 Å². The Morgan fingerprint density at radius 3 is 2.87 bits per heavy atom. The van der Waals surface area contributed by atoms with Gasteiger partial charge >= 0.3 is 0 Å². The van der Waals surface area contributed by atoms with Crippen LogP contribution in [-0.2, 0) is 0 Å². The van der Waals surface area contributed by atoms with Gasteiger partial charge in [0.05, 0.1) is 6.10 Å². The molecule has 2 unspecified atom stereocenters. The molecule has 0 bridgehead atoms. The molecule has 0 saturated carbocycles. The highest BCUT2D eigenvalue weighted by atomic mass is 16.3. The second-order valence-electron chi connectivity index (χ2n) is 4.81. The van der Waals surface area contributed by atoms with Crippen molar-refractivity contribution in [1.29, 1.82) is 0 Å². The van der Waals surface area contributed by atoms with Gasteiger partial charge in [0.15, 0.2) is 0 Å². The van der Waals surface area contributed by atoms with E-state index >= 15 is 0 Å². The van der Waals surface area contributed by atoms with Crippen LogP contribution in [0.2, 0.25) is 0 Å². The molecule has 1 aliphatic rings. The molecule has 0 aromatic carbocycles. The molecule has 2 N–H and O–H groups in total. The van der Waals surface area contributed by atoms with E-state index in [0.29, 0.717) is 0 Å². The lowest BCUT2D eigenvalue weighted by Crippen LogP contribution is -2.38. The topological polar surface area (TPSA) is 35.5 Å². The number of aliphatic hydroxyl groups excluding tert-OH is 1. The molecule has 1 saturated heterocycles. The number of nitrogens with zero attached hydrogens (tertiary/aromatic N) is 1. The molecular weight excluding hydrogens is 188 g/mol. The molecule has 1 aliphatic heterocycles. The molecule has 0 aromatic rings. The van der Waals surface area contributed by atoms with Gasteiger partial charge in [0.2, 0.25) is 0 Å². The van der Waals surface area contributed by atoms with E-state index in [4.69, 9.17) is 5.11 Å². The summed E-state index contributed by atoms with van der Waals surface area (Å²) < 4.78 is 0. The summed E-state index contributed by atoms with van der Waals surface area (Å²) in [5.74, 6) is 0. The van der Waals surface area contributed by atoms with Gasteiger partial charge in [0.1, 0.15) is 0 Å². The third-order valence-corrected chi connectivity index (χ3v) is 3.31. The summed E-state index contributed by atoms with van der Waals surface area (Å²) in [4.78, 5) is 2.49. The lowest BCUT2D eigenvalue weighted by Gasteiger charge is -2.32. The molecule has 3 heteroatoms. The van der Waals surface area contributed by atoms with Crippen molar-refractivity contribution in [3.05, 3.63) is 0 Å². The van der Waals surface area contributed by atoms with Crippen molar-refractivity contribution in [2.45, 2.75) is 51.2 Å². The number of hydrogen-bond donors (Lipinski definition) is 2. The van der Waals surface area contributed by atoms with E-state index in [0.717, 1.165) is 25.6 Å². The van der Waals surface area contributed by atoms with E-state index in [-0.39, 0.29) is 6.10 Å². The maximum Gasteiger partial charge on any atom is 0.0524 e. The molecule has 0 amide bonds. The highest BCUT2D eigenvalue weighted by molar-refractivity contribution is 4.74. The molecule has 0 aliphatic carbocycles. The molecule has 1 rings (SSSR count). The Bertz CT molecular complexity index is 162. The van der Waals surface area contributed by atoms with Crippen LogP contribution in [0.5, 0.6) is 0 Å². The third kappa shape index (κ3) is 5.50. The monoisotopic (exact) mass is 214 g/mol. The zero-order valence-corrected chi connectivity index (χ0v) is 10.2. The second kappa shape index (κ2) is 7.20. The maximum atomic E-state index is 9.09. The van der Waals surface area contributed by atoms with Crippen LogP contribution in [0.4, 0.5) is 0 Å². The van der Waals surface area contributed by atoms with Gasteiger partial charge in [-0.15, -0.1) is 0 Å². The van der Waals surface area contributed by atoms with Crippen molar-refractivity contribution < 1.29 is 5.11 Å². The van der Waals surface area contributed by atoms with Gasteiger partial charge in [-0.3, -0.25) is 0 Å². The first kappa shape index (κ1) is 12.9. The highest BCUT2D eigenvalue weighted by Gasteiger charge is 2.17. The Balaban J connectivity index is 1.99. The normalized spacial score (nSPS) is 25.4. The Kier molecular flexibility index (Phi) is 6.22. The summed E-state index contributed by atoms with van der Waals surface area (Å²) in [5.41, 5.74) is 0. The van der Waals surface area contributed by atoms with Crippen molar-refractivity contribution in [3.63, 3.8) is 0 Å². The molecule has 90 valence electrons. The van der Waals surface area contributed by atoms with Crippen LogP contribution >= 0.6 is 0 Å². The van der Waals surface area contributed by atoms with Crippen molar-refractivity contribution in [2.75, 3.05) is 26.7 Å². The zero-order chi connectivity index (χ0) is 11.1. The van der Waals surface area contributed by atoms with E-state index in [9.17, 15) is 0 Å². The van der Waals surface area contributed by atoms with Crippen LogP contribution in [0.25, 0.3) is 0 Å². The Hall–Kier alpha value is -0.120. The van der Waals surface area contributed by atoms with Gasteiger partial charge in [0, 0.05) is 6.04 Å². The minimum atomic E-state index is -0.171. The summed E-state index contributed by atoms with van der Waals surface area (Å²) in [7, 11) is 2.24. The van der Waals surface area contributed by atoms with Gasteiger partial charge in [-0.1, -0.05) is 6.42 Å². The number of hydrogen-bond acceptors (Lipinski definition) is 3. The zero-order valence-electron chi connectivity index (χ0n) is 10.2. The standard InChI is InChI=1S/C12H26N2O/c1-11(15)6-8-13-9-7-12-5-3-4-10-14(12)2/h11-13,15H,3-10H2,1-2H3. The average molecular weight is 214 g/mol. The Labute approximate surface area is 93.9 Å². The van der Waals surface area contributed by atoms with Gasteiger partial charge in [0.25, 0.3) is 0 Å². The van der Waals surface area contributed by atoms with E-state index in [1.807, 2.05) is 6.92 Å². The first-order valence-electron chi connectivity index (χ1n) is 6.29. The summed E-state index contributed by atoms with van der Waals surface area (Å²) >= 11 is 0. The summed E-state index contributed by atoms with van der Waals surface area (Å²) in [6.07, 6.45) is 6.05. The summed E-state index contributed by atoms with van der Waals surface area (Å²) in [5, 5.41) is 12.5. The summed E-state index contributed by atoms with van der Waals surface area (Å²) in [6, 6.07) is 0.776. The average Bonchev–Trinajstić information content (AvgIpc) is 2.20. The molecule has 2 atom stereocenters. The fraction of sp³-hybridized carbons (Fsp3) is 1.00. The number of likely N-dealkylation sites (tertiary alicyclic amines) is 1. The number of aliphatic hydroxyl groups is 1. The van der Waals surface area contributed by atoms with Crippen LogP contribution in [0, 0.1) is 0 Å². The minimum Gasteiger partial charge on any atom is -0.393 e. The van der Waals surface area contributed by atoms with Crippen molar-refractivity contribution >= 4 is 0 Å². The highest BCUT2D eigenvalue weighted by Crippen LogP contribution is 2.16. The minimum absolute atomic E-state index is 0.171. The van der Waals surface area contributed by atoms with Gasteiger partial charge in [-0.25, -0.2) is 0 Å². The largest absolute Gasteiger partial charge is 0.393 e. The van der Waals surface area contributed by atoms with Crippen molar-refractivity contribution in [2.24, 2.45) is 0 Å². The van der Waals surface area contributed by atoms with Gasteiger partial charge < -0.3 is 15.3 Å². The fourth-order valence-corrected chi connectivity index (χ4v) is 2.21. The van der Waals surface area contributed by atoms with E-state index < -0.39 is 0 Å². The lowest BCUT2D eigenvalue weighted by atomic mass is 10.0. The molecule has 1 fully saturated rings. The third-order valence-electron chi connectivity index (χ3n) is 3.31. The summed E-state index contributed by atoms with van der Waals surface area (Å²) in [6.45, 7) is 5.13. The molecule has 0 aromatic heterocycles. The van der Waals surface area contributed by atoms with Crippen LogP contribution in [0.3, 0.4) is 0 Å². The number of piperidine rings is 1. The molecule has 1 heterocycles. The molecule has 15 heavy (non-hydrogen) atoms. The predicted molar refractivity (Wildman–Crippen MR) is 64.1 cm³/mol. The van der Waals surface area contributed by atoms with Gasteiger partial charge in [-0.2, -0.15) is 0 Å². The van der Waals surface area contributed by atoms with Crippen LogP contribution in [0.15, 0.2) is 0 Å². The molecule has 3 nitrogen and oxygen atoms in total. The first-order valence-corrected chi connectivity index (χ1v) is 6.29. The Morgan fingerprint density at radius 1 is 1.40 bits per heavy atom. The van der Waals surface area contributed by atoms with Crippen molar-refractivity contribution in [3.8, 4) is 0 Å². The van der Waals surface area contributed by atoms with E-state index in [1.54, 1.807) is 0 Å². The van der Waals surface area contributed by atoms with Crippen LogP contribution in [0.1, 0.15) is 39.0 Å². The predicted octanol–water partition coefficient (Wildman–Crippen LogP) is 1.22. The van der Waals surface area contributed by atoms with E-state index in [1.165, 1.54) is 32.2 Å². The maximum absolute atomic E-state index is 9.09. The SMILES string of the molecule is CC(O)CCNCCC1CCCCN1C. The molecule has 0 radical (unpaired) electrons. The first-order chi connectivity index (χ1) is 7.20. The smallest absolute Gasteiger partial charge is 0.0524 e. The Morgan fingerprint density at radius 2 is 2.20 bits per heavy atom. The van der Waals surface area contributed by atoms with Crippen molar-refractivity contribution in [1.82, 2.24) is 10.2 Å². The fourth-order valence-electron chi connectivity index (χ4n) is 2.21. The number of nitrogens with one attached hydrogen (secondary N) is 1. The molecule has 0 spiro atoms. The second-order valence-corrected chi connectivity index (χ2v) is 4.81. The van der Waals surface area contributed by atoms with Gasteiger partial charge in [-0.05, 0) is 59.3 Å².